The zero-order valence-electron chi connectivity index (χ0n) is 10.4. The lowest BCUT2D eigenvalue weighted by molar-refractivity contribution is 0.0779. The molecule has 1 N–H and O–H groups in total. The molecule has 0 bridgehead atoms. The summed E-state index contributed by atoms with van der Waals surface area (Å²) >= 11 is 0. The normalized spacial score (nSPS) is 31.9. The second kappa shape index (κ2) is 5.51. The van der Waals surface area contributed by atoms with E-state index in [9.17, 15) is 4.21 Å². The molecule has 3 rings (SSSR count). The molecular weight excluding hydrogens is 246 g/mol. The van der Waals surface area contributed by atoms with E-state index in [0.29, 0.717) is 12.1 Å². The molecule has 1 aromatic rings. The lowest BCUT2D eigenvalue weighted by Crippen LogP contribution is -2.41. The standard InChI is InChI=1S/C14H19NO2S/c16-18-7-5-12(6-8-18)15-14-10-17-9-11-3-1-2-4-13(11)14/h1-4,12,14-15H,5-10H2. The third-order valence-electron chi connectivity index (χ3n) is 3.80. The topological polar surface area (TPSA) is 38.3 Å². The summed E-state index contributed by atoms with van der Waals surface area (Å²) in [6, 6.07) is 9.27. The van der Waals surface area contributed by atoms with Gasteiger partial charge in [0.1, 0.15) is 0 Å². The van der Waals surface area contributed by atoms with Gasteiger partial charge in [-0.15, -0.1) is 0 Å². The fourth-order valence-electron chi connectivity index (χ4n) is 2.76. The van der Waals surface area contributed by atoms with Crippen LogP contribution in [0.25, 0.3) is 0 Å². The third kappa shape index (κ3) is 2.66. The number of nitrogens with one attached hydrogen (secondary N) is 1. The SMILES string of the molecule is O=S1CCC(NC2COCc3ccccc32)CC1. The first-order valence-electron chi connectivity index (χ1n) is 6.59. The molecular formula is C14H19NO2S. The van der Waals surface area contributed by atoms with Crippen LogP contribution in [0.4, 0.5) is 0 Å². The van der Waals surface area contributed by atoms with E-state index in [2.05, 4.69) is 29.6 Å². The second-order valence-electron chi connectivity index (χ2n) is 5.06. The van der Waals surface area contributed by atoms with Crippen LogP contribution in [-0.4, -0.2) is 28.4 Å². The summed E-state index contributed by atoms with van der Waals surface area (Å²) in [7, 11) is -0.584. The summed E-state index contributed by atoms with van der Waals surface area (Å²) in [5.74, 6) is 1.68. The van der Waals surface area contributed by atoms with Crippen LogP contribution in [0.5, 0.6) is 0 Å². The lowest BCUT2D eigenvalue weighted by Gasteiger charge is -2.32. The van der Waals surface area contributed by atoms with Crippen LogP contribution < -0.4 is 5.32 Å². The number of hydrogen-bond acceptors (Lipinski definition) is 3. The Morgan fingerprint density at radius 1 is 1.22 bits per heavy atom. The smallest absolute Gasteiger partial charge is 0.0721 e. The van der Waals surface area contributed by atoms with Gasteiger partial charge in [-0.3, -0.25) is 4.21 Å². The molecule has 0 aliphatic carbocycles. The Morgan fingerprint density at radius 3 is 2.83 bits per heavy atom. The van der Waals surface area contributed by atoms with Crippen LogP contribution in [0.2, 0.25) is 0 Å². The van der Waals surface area contributed by atoms with Gasteiger partial charge in [0, 0.05) is 28.3 Å². The Balaban J connectivity index is 1.69. The van der Waals surface area contributed by atoms with Gasteiger partial charge in [-0.25, -0.2) is 0 Å². The molecule has 1 aromatic carbocycles. The lowest BCUT2D eigenvalue weighted by atomic mass is 9.97. The zero-order valence-corrected chi connectivity index (χ0v) is 11.2. The number of benzene rings is 1. The highest BCUT2D eigenvalue weighted by Crippen LogP contribution is 2.26. The number of ether oxygens (including phenoxy) is 1. The van der Waals surface area contributed by atoms with Crippen molar-refractivity contribution in [1.29, 1.82) is 0 Å². The van der Waals surface area contributed by atoms with Crippen molar-refractivity contribution < 1.29 is 8.95 Å². The van der Waals surface area contributed by atoms with Crippen LogP contribution >= 0.6 is 0 Å². The van der Waals surface area contributed by atoms with E-state index in [4.69, 9.17) is 4.74 Å². The molecule has 2 heterocycles. The first kappa shape index (κ1) is 12.3. The minimum Gasteiger partial charge on any atom is -0.375 e. The van der Waals surface area contributed by atoms with Crippen LogP contribution in [0.1, 0.15) is 30.0 Å². The predicted octanol–water partition coefficient (Wildman–Crippen LogP) is 1.76. The molecule has 0 radical (unpaired) electrons. The molecule has 0 saturated carbocycles. The van der Waals surface area contributed by atoms with Crippen molar-refractivity contribution in [2.45, 2.75) is 31.5 Å². The molecule has 18 heavy (non-hydrogen) atoms. The van der Waals surface area contributed by atoms with Gasteiger partial charge in [-0.05, 0) is 24.0 Å². The number of fused-ring (bicyclic) bond motifs is 1. The van der Waals surface area contributed by atoms with E-state index in [1.807, 2.05) is 0 Å². The van der Waals surface area contributed by atoms with Crippen molar-refractivity contribution in [3.8, 4) is 0 Å². The molecule has 3 nitrogen and oxygen atoms in total. The first-order valence-corrected chi connectivity index (χ1v) is 8.08. The summed E-state index contributed by atoms with van der Waals surface area (Å²) in [5, 5.41) is 3.68. The van der Waals surface area contributed by atoms with E-state index in [0.717, 1.165) is 37.6 Å². The maximum absolute atomic E-state index is 11.4. The van der Waals surface area contributed by atoms with Crippen molar-refractivity contribution in [2.75, 3.05) is 18.1 Å². The van der Waals surface area contributed by atoms with Gasteiger partial charge in [0.25, 0.3) is 0 Å². The third-order valence-corrected chi connectivity index (χ3v) is 5.18. The first-order chi connectivity index (χ1) is 8.83. The van der Waals surface area contributed by atoms with Crippen molar-refractivity contribution in [2.24, 2.45) is 0 Å². The minimum absolute atomic E-state index is 0.298. The van der Waals surface area contributed by atoms with E-state index in [1.54, 1.807) is 0 Å². The van der Waals surface area contributed by atoms with Gasteiger partial charge in [-0.1, -0.05) is 24.3 Å². The Kier molecular flexibility index (Phi) is 3.77. The monoisotopic (exact) mass is 265 g/mol. The van der Waals surface area contributed by atoms with Crippen LogP contribution in [0.3, 0.4) is 0 Å². The van der Waals surface area contributed by atoms with Gasteiger partial charge in [0.05, 0.1) is 19.3 Å². The molecule has 0 spiro atoms. The average Bonchev–Trinajstić information content (AvgIpc) is 2.42. The molecule has 1 unspecified atom stereocenters. The Morgan fingerprint density at radius 2 is 2.00 bits per heavy atom. The van der Waals surface area contributed by atoms with Gasteiger partial charge >= 0.3 is 0 Å². The Bertz CT molecular complexity index is 439. The van der Waals surface area contributed by atoms with Gasteiger partial charge < -0.3 is 10.1 Å². The molecule has 1 atom stereocenters. The van der Waals surface area contributed by atoms with Gasteiger partial charge in [-0.2, -0.15) is 0 Å². The molecule has 2 aliphatic rings. The van der Waals surface area contributed by atoms with E-state index in [-0.39, 0.29) is 0 Å². The minimum atomic E-state index is -0.584. The maximum atomic E-state index is 11.4. The molecule has 0 amide bonds. The van der Waals surface area contributed by atoms with Crippen molar-refractivity contribution in [3.05, 3.63) is 35.4 Å². The highest BCUT2D eigenvalue weighted by molar-refractivity contribution is 7.85. The summed E-state index contributed by atoms with van der Waals surface area (Å²) in [6.45, 7) is 1.47. The summed E-state index contributed by atoms with van der Waals surface area (Å²) in [5.41, 5.74) is 2.66. The van der Waals surface area contributed by atoms with Crippen LogP contribution in [0, 0.1) is 0 Å². The highest BCUT2D eigenvalue weighted by Gasteiger charge is 2.25. The molecule has 1 saturated heterocycles. The Hall–Kier alpha value is -0.710. The molecule has 2 aliphatic heterocycles. The molecule has 0 aromatic heterocycles. The number of rotatable bonds is 2. The highest BCUT2D eigenvalue weighted by atomic mass is 32.2. The second-order valence-corrected chi connectivity index (χ2v) is 6.75. The Labute approximate surface area is 110 Å². The fourth-order valence-corrected chi connectivity index (χ4v) is 4.06. The molecule has 98 valence electrons. The quantitative estimate of drug-likeness (QED) is 0.885. The molecule has 1 fully saturated rings. The van der Waals surface area contributed by atoms with Crippen LogP contribution in [-0.2, 0) is 22.1 Å². The zero-order chi connectivity index (χ0) is 12.4. The summed E-state index contributed by atoms with van der Waals surface area (Å²) in [6.07, 6.45) is 2.04. The largest absolute Gasteiger partial charge is 0.375 e. The van der Waals surface area contributed by atoms with Crippen LogP contribution in [0.15, 0.2) is 24.3 Å². The fraction of sp³-hybridized carbons (Fsp3) is 0.571. The van der Waals surface area contributed by atoms with E-state index >= 15 is 0 Å². The maximum Gasteiger partial charge on any atom is 0.0721 e. The van der Waals surface area contributed by atoms with Gasteiger partial charge in [0.15, 0.2) is 0 Å². The van der Waals surface area contributed by atoms with Crippen molar-refractivity contribution >= 4 is 10.8 Å². The van der Waals surface area contributed by atoms with Gasteiger partial charge in [0.2, 0.25) is 0 Å². The van der Waals surface area contributed by atoms with E-state index < -0.39 is 10.8 Å². The average molecular weight is 265 g/mol. The van der Waals surface area contributed by atoms with Crippen molar-refractivity contribution in [1.82, 2.24) is 5.32 Å². The summed E-state index contributed by atoms with van der Waals surface area (Å²) in [4.78, 5) is 0. The number of hydrogen-bond donors (Lipinski definition) is 1. The molecule has 4 heteroatoms. The predicted molar refractivity (Wildman–Crippen MR) is 72.9 cm³/mol. The van der Waals surface area contributed by atoms with E-state index in [1.165, 1.54) is 11.1 Å². The summed E-state index contributed by atoms with van der Waals surface area (Å²) < 4.78 is 17.0. The van der Waals surface area contributed by atoms with Crippen molar-refractivity contribution in [3.63, 3.8) is 0 Å².